The lowest BCUT2D eigenvalue weighted by molar-refractivity contribution is 0.0665. The van der Waals surface area contributed by atoms with Crippen molar-refractivity contribution < 1.29 is 14.3 Å². The first-order chi connectivity index (χ1) is 7.61. The molecule has 0 saturated carbocycles. The van der Waals surface area contributed by atoms with Gasteiger partial charge in [-0.05, 0) is 30.2 Å². The molecule has 2 rings (SSSR count). The molecule has 0 aliphatic carbocycles. The zero-order chi connectivity index (χ0) is 11.7. The summed E-state index contributed by atoms with van der Waals surface area (Å²) in [6.07, 6.45) is 0.981. The zero-order valence-electron chi connectivity index (χ0n) is 8.74. The highest BCUT2D eigenvalue weighted by Gasteiger charge is 2.12. The van der Waals surface area contributed by atoms with Gasteiger partial charge in [-0.25, -0.2) is 4.79 Å². The Hall–Kier alpha value is -1.29. The minimum absolute atomic E-state index is 0.0187. The third-order valence-corrected chi connectivity index (χ3v) is 3.65. The van der Waals surface area contributed by atoms with Crippen molar-refractivity contribution in [2.75, 3.05) is 0 Å². The van der Waals surface area contributed by atoms with E-state index < -0.39 is 5.97 Å². The Kier molecular flexibility index (Phi) is 3.01. The first kappa shape index (κ1) is 11.2. The lowest BCUT2D eigenvalue weighted by Gasteiger charge is -2.05. The van der Waals surface area contributed by atoms with Crippen molar-refractivity contribution in [3.63, 3.8) is 0 Å². The molecule has 0 aliphatic rings. The van der Waals surface area contributed by atoms with Gasteiger partial charge in [-0.15, -0.1) is 0 Å². The first-order valence-electron chi connectivity index (χ1n) is 5.02. The van der Waals surface area contributed by atoms with Crippen LogP contribution in [0.2, 0.25) is 0 Å². The average Bonchev–Trinajstić information content (AvgIpc) is 2.70. The molecule has 0 radical (unpaired) electrons. The smallest absolute Gasteiger partial charge is 0.371 e. The number of carboxylic acids is 1. The van der Waals surface area contributed by atoms with Crippen LogP contribution in [0.4, 0.5) is 0 Å². The Morgan fingerprint density at radius 2 is 2.25 bits per heavy atom. The number of hydrogen-bond acceptors (Lipinski definition) is 2. The molecule has 16 heavy (non-hydrogen) atoms. The van der Waals surface area contributed by atoms with Gasteiger partial charge in [0.25, 0.3) is 0 Å². The van der Waals surface area contributed by atoms with Crippen LogP contribution in [0.1, 0.15) is 34.3 Å². The molecule has 84 valence electrons. The van der Waals surface area contributed by atoms with Crippen LogP contribution in [-0.2, 0) is 0 Å². The number of halogens is 1. The van der Waals surface area contributed by atoms with Gasteiger partial charge >= 0.3 is 5.97 Å². The molecule has 0 fully saturated rings. The predicted molar refractivity (Wildman–Crippen MR) is 65.1 cm³/mol. The summed E-state index contributed by atoms with van der Waals surface area (Å²) in [6.45, 7) is 2.08. The molecule has 0 spiro atoms. The molecule has 1 N–H and O–H groups in total. The Labute approximate surface area is 101 Å². The Morgan fingerprint density at radius 1 is 1.50 bits per heavy atom. The van der Waals surface area contributed by atoms with Crippen LogP contribution < -0.4 is 0 Å². The second kappa shape index (κ2) is 4.29. The fourth-order valence-electron chi connectivity index (χ4n) is 1.60. The fraction of sp³-hybridized carbons (Fsp3) is 0.250. The number of hydrogen-bond donors (Lipinski definition) is 1. The van der Waals surface area contributed by atoms with Gasteiger partial charge in [0.15, 0.2) is 0 Å². The third-order valence-electron chi connectivity index (χ3n) is 2.47. The van der Waals surface area contributed by atoms with Crippen molar-refractivity contribution in [2.24, 2.45) is 0 Å². The van der Waals surface area contributed by atoms with Gasteiger partial charge in [-0.1, -0.05) is 28.9 Å². The van der Waals surface area contributed by atoms with Crippen molar-refractivity contribution in [3.8, 4) is 0 Å². The van der Waals surface area contributed by atoms with Crippen LogP contribution in [0.5, 0.6) is 0 Å². The molecular weight excluding hydrogens is 272 g/mol. The van der Waals surface area contributed by atoms with Crippen molar-refractivity contribution in [3.05, 3.63) is 35.6 Å². The summed E-state index contributed by atoms with van der Waals surface area (Å²) in [4.78, 5) is 11.0. The topological polar surface area (TPSA) is 50.4 Å². The maximum atomic E-state index is 10.7. The van der Waals surface area contributed by atoms with Gasteiger partial charge in [0.2, 0.25) is 5.76 Å². The predicted octanol–water partition coefficient (Wildman–Crippen LogP) is 3.98. The standard InChI is InChI=1S/C12H11BrO3/c1-2-9(13)7-3-4-10-8(5-7)6-11(16-10)12(14)15/h3-6,9H,2H2,1H3,(H,14,15). The third kappa shape index (κ3) is 1.97. The summed E-state index contributed by atoms with van der Waals surface area (Å²) in [5, 5.41) is 9.63. The van der Waals surface area contributed by atoms with Crippen LogP contribution in [0.25, 0.3) is 11.0 Å². The maximum Gasteiger partial charge on any atom is 0.371 e. The number of fused-ring (bicyclic) bond motifs is 1. The monoisotopic (exact) mass is 282 g/mol. The highest BCUT2D eigenvalue weighted by atomic mass is 79.9. The van der Waals surface area contributed by atoms with Crippen LogP contribution >= 0.6 is 15.9 Å². The molecule has 0 aliphatic heterocycles. The summed E-state index contributed by atoms with van der Waals surface area (Å²) in [5.41, 5.74) is 1.74. The highest BCUT2D eigenvalue weighted by molar-refractivity contribution is 9.09. The summed E-state index contributed by atoms with van der Waals surface area (Å²) < 4.78 is 5.18. The van der Waals surface area contributed by atoms with Gasteiger partial charge in [0.05, 0.1) is 0 Å². The zero-order valence-corrected chi connectivity index (χ0v) is 10.3. The van der Waals surface area contributed by atoms with E-state index >= 15 is 0 Å². The van der Waals surface area contributed by atoms with Gasteiger partial charge in [0.1, 0.15) is 5.58 Å². The molecule has 2 aromatic rings. The largest absolute Gasteiger partial charge is 0.475 e. The van der Waals surface area contributed by atoms with Gasteiger partial charge in [0, 0.05) is 10.2 Å². The molecular formula is C12H11BrO3. The quantitative estimate of drug-likeness (QED) is 0.867. The Morgan fingerprint density at radius 3 is 2.88 bits per heavy atom. The molecule has 3 nitrogen and oxygen atoms in total. The maximum absolute atomic E-state index is 10.7. The van der Waals surface area contributed by atoms with E-state index in [1.165, 1.54) is 0 Å². The molecule has 0 amide bonds. The summed E-state index contributed by atoms with van der Waals surface area (Å²) >= 11 is 3.56. The van der Waals surface area contributed by atoms with Gasteiger partial charge in [-0.2, -0.15) is 0 Å². The van der Waals surface area contributed by atoms with Crippen LogP contribution in [0.3, 0.4) is 0 Å². The lowest BCUT2D eigenvalue weighted by Crippen LogP contribution is -1.91. The number of alkyl halides is 1. The van der Waals surface area contributed by atoms with E-state index in [0.29, 0.717) is 10.4 Å². The van der Waals surface area contributed by atoms with Crippen molar-refractivity contribution >= 4 is 32.9 Å². The molecule has 1 aromatic heterocycles. The van der Waals surface area contributed by atoms with E-state index in [2.05, 4.69) is 22.9 Å². The van der Waals surface area contributed by atoms with E-state index in [0.717, 1.165) is 17.4 Å². The minimum atomic E-state index is -1.04. The fourth-order valence-corrected chi connectivity index (χ4v) is 1.88. The second-order valence-electron chi connectivity index (χ2n) is 3.59. The van der Waals surface area contributed by atoms with Gasteiger partial charge < -0.3 is 9.52 Å². The lowest BCUT2D eigenvalue weighted by atomic mass is 10.1. The van der Waals surface area contributed by atoms with Crippen molar-refractivity contribution in [1.29, 1.82) is 0 Å². The Bertz CT molecular complexity index is 530. The molecule has 0 saturated heterocycles. The first-order valence-corrected chi connectivity index (χ1v) is 5.94. The summed E-state index contributed by atoms with van der Waals surface area (Å²) in [7, 11) is 0. The van der Waals surface area contributed by atoms with Crippen molar-refractivity contribution in [1.82, 2.24) is 0 Å². The van der Waals surface area contributed by atoms with Gasteiger partial charge in [-0.3, -0.25) is 0 Å². The van der Waals surface area contributed by atoms with E-state index in [9.17, 15) is 4.79 Å². The number of benzene rings is 1. The van der Waals surface area contributed by atoms with Crippen LogP contribution in [-0.4, -0.2) is 11.1 Å². The molecule has 4 heteroatoms. The van der Waals surface area contributed by atoms with Crippen LogP contribution in [0, 0.1) is 0 Å². The Balaban J connectivity index is 2.49. The SMILES string of the molecule is CCC(Br)c1ccc2oc(C(=O)O)cc2c1. The average molecular weight is 283 g/mol. The van der Waals surface area contributed by atoms with E-state index in [4.69, 9.17) is 9.52 Å². The highest BCUT2D eigenvalue weighted by Crippen LogP contribution is 2.29. The molecule has 1 aromatic carbocycles. The normalized spacial score (nSPS) is 12.9. The summed E-state index contributed by atoms with van der Waals surface area (Å²) in [6, 6.07) is 7.26. The van der Waals surface area contributed by atoms with Crippen LogP contribution in [0.15, 0.2) is 28.7 Å². The number of carbonyl (C=O) groups is 1. The van der Waals surface area contributed by atoms with E-state index in [1.807, 2.05) is 12.1 Å². The van der Waals surface area contributed by atoms with E-state index in [1.54, 1.807) is 12.1 Å². The summed E-state index contributed by atoms with van der Waals surface area (Å²) in [5.74, 6) is -1.06. The van der Waals surface area contributed by atoms with Crippen molar-refractivity contribution in [2.45, 2.75) is 18.2 Å². The number of aromatic carboxylic acids is 1. The molecule has 1 atom stereocenters. The van der Waals surface area contributed by atoms with E-state index in [-0.39, 0.29) is 5.76 Å². The number of carboxylic acid groups (broad SMARTS) is 1. The second-order valence-corrected chi connectivity index (χ2v) is 4.69. The number of rotatable bonds is 3. The minimum Gasteiger partial charge on any atom is -0.475 e. The molecule has 1 heterocycles. The molecule has 0 bridgehead atoms. The number of furan rings is 1. The molecule has 1 unspecified atom stereocenters.